The van der Waals surface area contributed by atoms with Gasteiger partial charge in [0.1, 0.15) is 12.5 Å². The monoisotopic (exact) mass is 748 g/mol. The molecule has 2 aromatic heterocycles. The molecule has 0 spiro atoms. The molecule has 0 amide bonds. The molecule has 0 aromatic carbocycles. The van der Waals surface area contributed by atoms with Gasteiger partial charge >= 0.3 is 11.9 Å². The van der Waals surface area contributed by atoms with E-state index in [1.807, 2.05) is 19.1 Å². The Morgan fingerprint density at radius 3 is 2.47 bits per heavy atom. The number of H-pyrrole nitrogens is 2. The van der Waals surface area contributed by atoms with Crippen LogP contribution in [0, 0.1) is 43.4 Å². The summed E-state index contributed by atoms with van der Waals surface area (Å²) in [4.78, 5) is 48.5. The van der Waals surface area contributed by atoms with Gasteiger partial charge in [-0.2, -0.15) is 0 Å². The first kappa shape index (κ1) is 39.9. The number of rotatable bonds is 13. The van der Waals surface area contributed by atoms with Crippen molar-refractivity contribution in [2.75, 3.05) is 13.7 Å². The predicted molar refractivity (Wildman–Crippen MR) is 219 cm³/mol. The van der Waals surface area contributed by atoms with Gasteiger partial charge in [-0.15, -0.1) is 0 Å². The summed E-state index contributed by atoms with van der Waals surface area (Å²) in [5, 5.41) is 9.40. The van der Waals surface area contributed by atoms with Crippen molar-refractivity contribution in [1.29, 1.82) is 0 Å². The largest absolute Gasteiger partial charge is 0.468 e. The fourth-order valence-corrected chi connectivity index (χ4v) is 9.14. The fraction of sp³-hybridized carbons (Fsp3) is 0.500. The summed E-state index contributed by atoms with van der Waals surface area (Å²) in [5.41, 5.74) is 11.7. The first-order valence-electron chi connectivity index (χ1n) is 20.2. The maximum absolute atomic E-state index is 14.4. The lowest BCUT2D eigenvalue weighted by Gasteiger charge is -2.26. The Morgan fingerprint density at radius 2 is 1.78 bits per heavy atom. The zero-order valence-electron chi connectivity index (χ0n) is 34.3. The summed E-state index contributed by atoms with van der Waals surface area (Å²) in [7, 11) is 1.34. The molecule has 0 saturated carbocycles. The van der Waals surface area contributed by atoms with Crippen molar-refractivity contribution in [3.8, 4) is 0 Å². The number of aromatic nitrogens is 2. The highest BCUT2D eigenvalue weighted by atomic mass is 16.5. The Morgan fingerprint density at radius 1 is 1.02 bits per heavy atom. The van der Waals surface area contributed by atoms with Crippen LogP contribution in [0.3, 0.4) is 0 Å². The fourth-order valence-electron chi connectivity index (χ4n) is 9.14. The van der Waals surface area contributed by atoms with E-state index in [0.717, 1.165) is 86.6 Å². The van der Waals surface area contributed by atoms with E-state index in [0.29, 0.717) is 12.0 Å². The van der Waals surface area contributed by atoms with Gasteiger partial charge in [0.25, 0.3) is 0 Å². The lowest BCUT2D eigenvalue weighted by atomic mass is 9.80. The highest BCUT2D eigenvalue weighted by molar-refractivity contribution is 6.09. The van der Waals surface area contributed by atoms with Crippen LogP contribution in [0.4, 0.5) is 0 Å². The number of esters is 2. The van der Waals surface area contributed by atoms with Crippen LogP contribution in [-0.4, -0.2) is 47.4 Å². The van der Waals surface area contributed by atoms with Gasteiger partial charge in [-0.3, -0.25) is 14.4 Å². The molecule has 2 unspecified atom stereocenters. The second-order valence-electron chi connectivity index (χ2n) is 16.1. The molecular weight excluding hydrogens is 689 g/mol. The van der Waals surface area contributed by atoms with Crippen LogP contribution >= 0.6 is 0 Å². The van der Waals surface area contributed by atoms with Crippen LogP contribution in [0.2, 0.25) is 0 Å². The third-order valence-corrected chi connectivity index (χ3v) is 12.8. The predicted octanol–water partition coefficient (Wildman–Crippen LogP) is 6.96. The minimum absolute atomic E-state index is 0.0367. The normalized spacial score (nSPS) is 25.7. The maximum atomic E-state index is 14.4. The number of fused-ring (bicyclic) bond motifs is 8. The third-order valence-electron chi connectivity index (χ3n) is 12.8. The van der Waals surface area contributed by atoms with Gasteiger partial charge in [0.15, 0.2) is 5.78 Å². The minimum atomic E-state index is -1.06. The zero-order chi connectivity index (χ0) is 39.7. The Balaban J connectivity index is 1.40. The minimum Gasteiger partial charge on any atom is -0.468 e. The molecule has 5 heterocycles. The molecule has 1 fully saturated rings. The number of carbonyl (C=O) groups is 3. The van der Waals surface area contributed by atoms with Gasteiger partial charge in [-0.25, -0.2) is 0 Å². The lowest BCUT2D eigenvalue weighted by Crippen LogP contribution is -2.37. The second kappa shape index (κ2) is 16.5. The van der Waals surface area contributed by atoms with Crippen LogP contribution < -0.4 is 21.3 Å². The lowest BCUT2D eigenvalue weighted by molar-refractivity contribution is -0.148. The van der Waals surface area contributed by atoms with Crippen molar-refractivity contribution in [2.45, 2.75) is 106 Å². The van der Waals surface area contributed by atoms with E-state index >= 15 is 0 Å². The number of methoxy groups -OCH3 is 1. The van der Waals surface area contributed by atoms with E-state index in [1.165, 1.54) is 31.1 Å². The van der Waals surface area contributed by atoms with Gasteiger partial charge in [-0.1, -0.05) is 58.8 Å². The molecule has 8 bridgehead atoms. The van der Waals surface area contributed by atoms with Gasteiger partial charge in [0.05, 0.1) is 19.1 Å². The molecule has 6 atom stereocenters. The average Bonchev–Trinajstić information content (AvgIpc) is 3.90. The summed E-state index contributed by atoms with van der Waals surface area (Å²) in [5.74, 6) is -2.10. The Hall–Kier alpha value is -4.79. The van der Waals surface area contributed by atoms with Crippen LogP contribution in [0.15, 0.2) is 46.5 Å². The summed E-state index contributed by atoms with van der Waals surface area (Å²) in [6.07, 6.45) is 16.4. The van der Waals surface area contributed by atoms with Crippen LogP contribution in [0.1, 0.15) is 114 Å². The Kier molecular flexibility index (Phi) is 12.0. The third kappa shape index (κ3) is 7.59. The summed E-state index contributed by atoms with van der Waals surface area (Å²) < 4.78 is 11.0. The molecule has 2 aromatic rings. The van der Waals surface area contributed by atoms with E-state index in [2.05, 4.69) is 93.9 Å². The first-order valence-corrected chi connectivity index (χ1v) is 20.2. The smallest absolute Gasteiger partial charge is 0.320 e. The first-order chi connectivity index (χ1) is 26.3. The van der Waals surface area contributed by atoms with Crippen molar-refractivity contribution in [1.82, 2.24) is 20.6 Å². The average molecular weight is 749 g/mol. The number of carbonyl (C=O) groups excluding carboxylic acids is 3. The number of ether oxygens (including phenoxy) is 2. The molecule has 9 nitrogen and oxygen atoms in total. The number of nitrogens with one attached hydrogen (secondary N) is 4. The Labute approximate surface area is 326 Å². The second-order valence-corrected chi connectivity index (χ2v) is 16.1. The maximum Gasteiger partial charge on any atom is 0.320 e. The summed E-state index contributed by atoms with van der Waals surface area (Å²) >= 11 is 0. The van der Waals surface area contributed by atoms with Crippen LogP contribution in [-0.2, 0) is 30.3 Å². The van der Waals surface area contributed by atoms with E-state index in [9.17, 15) is 14.4 Å². The van der Waals surface area contributed by atoms with Gasteiger partial charge < -0.3 is 30.1 Å². The molecule has 9 heteroatoms. The SMILES string of the molecule is C=Cc1c2[nH]c(c1C)/C=C1\NC(C3=C4NC(=C(C)C4C(=O)[C@@H]3C(=O)OC)/C=c3\[nH]/c(c(C)c3CC)=C\2)[C@@H](CCC(=O)OC/C=C(\C)CCC[C@H](C)CC)[C@@H]1C. The molecule has 1 saturated heterocycles. The van der Waals surface area contributed by atoms with Crippen molar-refractivity contribution in [3.63, 3.8) is 0 Å². The molecule has 1 aliphatic carbocycles. The van der Waals surface area contributed by atoms with E-state index in [1.54, 1.807) is 0 Å². The van der Waals surface area contributed by atoms with Gasteiger partial charge in [0.2, 0.25) is 0 Å². The van der Waals surface area contributed by atoms with E-state index in [-0.39, 0.29) is 36.6 Å². The van der Waals surface area contributed by atoms with Crippen molar-refractivity contribution >= 4 is 42.0 Å². The van der Waals surface area contributed by atoms with Crippen molar-refractivity contribution < 1.29 is 23.9 Å². The molecular formula is C46H60N4O5. The topological polar surface area (TPSA) is 125 Å². The number of hydrogen-bond donors (Lipinski definition) is 4. The molecule has 4 N–H and O–H groups in total. The van der Waals surface area contributed by atoms with Crippen LogP contribution in [0.25, 0.3) is 24.3 Å². The van der Waals surface area contributed by atoms with Gasteiger partial charge in [0, 0.05) is 57.1 Å². The quantitative estimate of drug-likeness (QED) is 0.0993. The number of hydrogen-bond acceptors (Lipinski definition) is 7. The van der Waals surface area contributed by atoms with Crippen molar-refractivity contribution in [3.05, 3.63) is 90.8 Å². The van der Waals surface area contributed by atoms with Gasteiger partial charge in [-0.05, 0) is 117 Å². The standard InChI is InChI=1S/C46H60N4O5/c1-11-24(4)15-14-16-25(5)19-20-55-39(51)18-17-32-28(8)35-21-33-26(6)30(12-2)37(47-33)22-34-27(7)31(13-3)38(48-34)23-36-29(9)40-44(50-36)41(43(32)49-35)42(45(40)52)46(53)54-10/h12,19,21-24,28,32,40,42-43,47-50H,2,11,13-18,20H2,1,3-10H3/b25-19+,34-22-,35-21-,38-23-/t24-,28+,32+,40?,42-,43?/m1/s1. The number of Topliss-reactive ketones (excluding diaryl/α,β-unsaturated/α-hetero) is 1. The highest BCUT2D eigenvalue weighted by Gasteiger charge is 2.55. The number of aromatic amines is 2. The number of ketones is 1. The van der Waals surface area contributed by atoms with E-state index < -0.39 is 23.8 Å². The van der Waals surface area contributed by atoms with Crippen LogP contribution in [0.5, 0.6) is 0 Å². The molecule has 3 aliphatic heterocycles. The van der Waals surface area contributed by atoms with E-state index in [4.69, 9.17) is 9.47 Å². The molecule has 6 rings (SSSR count). The molecule has 4 aliphatic rings. The zero-order valence-corrected chi connectivity index (χ0v) is 34.3. The number of allylic oxidation sites excluding steroid dienone is 4. The molecule has 55 heavy (non-hydrogen) atoms. The molecule has 0 radical (unpaired) electrons. The summed E-state index contributed by atoms with van der Waals surface area (Å²) in [6.45, 7) is 21.5. The summed E-state index contributed by atoms with van der Waals surface area (Å²) in [6, 6.07) is -0.409. The molecule has 294 valence electrons. The Bertz CT molecular complexity index is 2140. The highest BCUT2D eigenvalue weighted by Crippen LogP contribution is 2.49. The van der Waals surface area contributed by atoms with Crippen molar-refractivity contribution in [2.24, 2.45) is 29.6 Å².